The van der Waals surface area contributed by atoms with Gasteiger partial charge in [-0.2, -0.15) is 5.10 Å². The monoisotopic (exact) mass is 461 g/mol. The summed E-state index contributed by atoms with van der Waals surface area (Å²) in [7, 11) is 0. The molecule has 2 aromatic heterocycles. The fraction of sp³-hybridized carbons (Fsp3) is 0.684. The summed E-state index contributed by atoms with van der Waals surface area (Å²) in [5.41, 5.74) is 1.60. The summed E-state index contributed by atoms with van der Waals surface area (Å²) < 4.78 is 20.4. The topological polar surface area (TPSA) is 57.9 Å². The van der Waals surface area contributed by atoms with Crippen LogP contribution in [0.2, 0.25) is 5.15 Å². The number of fused-ring (bicyclic) bond motifs is 1. The van der Waals surface area contributed by atoms with Crippen LogP contribution in [0.3, 0.4) is 0 Å². The molecule has 0 spiro atoms. The lowest BCUT2D eigenvalue weighted by Gasteiger charge is -2.21. The van der Waals surface area contributed by atoms with Crippen molar-refractivity contribution < 1.29 is 14.2 Å². The van der Waals surface area contributed by atoms with Gasteiger partial charge in [-0.05, 0) is 41.8 Å². The van der Waals surface area contributed by atoms with E-state index in [9.17, 15) is 0 Å². The molecular formula is C19H29BrClN3O3. The van der Waals surface area contributed by atoms with Crippen molar-refractivity contribution in [1.29, 1.82) is 0 Å². The quantitative estimate of drug-likeness (QED) is 0.382. The van der Waals surface area contributed by atoms with Crippen LogP contribution in [0.25, 0.3) is 5.52 Å². The molecule has 0 amide bonds. The lowest BCUT2D eigenvalue weighted by molar-refractivity contribution is -0.0676. The number of halogens is 2. The Hall–Kier alpha value is -0.730. The van der Waals surface area contributed by atoms with Crippen molar-refractivity contribution in [1.82, 2.24) is 14.6 Å². The van der Waals surface area contributed by atoms with Crippen molar-refractivity contribution in [3.63, 3.8) is 0 Å². The average Bonchev–Trinajstić information content (AvgIpc) is 2.99. The van der Waals surface area contributed by atoms with E-state index >= 15 is 0 Å². The van der Waals surface area contributed by atoms with Gasteiger partial charge in [0.05, 0.1) is 25.0 Å². The molecule has 2 heterocycles. The molecule has 2 rings (SSSR count). The molecule has 0 radical (unpaired) electrons. The van der Waals surface area contributed by atoms with E-state index in [0.717, 1.165) is 48.0 Å². The first kappa shape index (κ1) is 22.6. The third-order valence-corrected chi connectivity index (χ3v) is 5.05. The molecule has 0 saturated heterocycles. The molecule has 0 saturated carbocycles. The smallest absolute Gasteiger partial charge is 0.157 e. The standard InChI is InChI=1S/C19H29BrClN3O3/c1-4-6-8-25-12-17(27-11-14(3)26-9-7-5-2)16-10-15(20)18-19(21)22-13-23-24(16)18/h10,13-14,17H,4-9,11-12H2,1-3H3/t14-,17+/m0/s1. The van der Waals surface area contributed by atoms with Gasteiger partial charge in [-0.15, -0.1) is 0 Å². The van der Waals surface area contributed by atoms with Crippen LogP contribution in [0.15, 0.2) is 16.9 Å². The molecule has 8 heteroatoms. The van der Waals surface area contributed by atoms with Crippen molar-refractivity contribution in [2.45, 2.75) is 58.7 Å². The molecule has 2 aromatic rings. The molecule has 0 bridgehead atoms. The fourth-order valence-corrected chi connectivity index (χ4v) is 3.53. The Bertz CT molecular complexity index is 698. The maximum Gasteiger partial charge on any atom is 0.157 e. The van der Waals surface area contributed by atoms with Gasteiger partial charge in [0.1, 0.15) is 17.9 Å². The van der Waals surface area contributed by atoms with E-state index in [-0.39, 0.29) is 12.2 Å². The number of rotatable bonds is 13. The molecule has 152 valence electrons. The molecular weight excluding hydrogens is 434 g/mol. The van der Waals surface area contributed by atoms with Crippen LogP contribution in [0, 0.1) is 0 Å². The molecule has 0 fully saturated rings. The van der Waals surface area contributed by atoms with Crippen LogP contribution in [0.4, 0.5) is 0 Å². The number of hydrogen-bond acceptors (Lipinski definition) is 5. The number of unbranched alkanes of at least 4 members (excludes halogenated alkanes) is 2. The van der Waals surface area contributed by atoms with Crippen molar-refractivity contribution in [3.05, 3.63) is 27.7 Å². The highest BCUT2D eigenvalue weighted by Crippen LogP contribution is 2.31. The van der Waals surface area contributed by atoms with Gasteiger partial charge in [-0.3, -0.25) is 0 Å². The predicted octanol–water partition coefficient (Wildman–Crippen LogP) is 5.22. The van der Waals surface area contributed by atoms with Gasteiger partial charge in [0, 0.05) is 17.7 Å². The molecule has 0 unspecified atom stereocenters. The summed E-state index contributed by atoms with van der Waals surface area (Å²) in [5, 5.41) is 4.73. The molecule has 0 aliphatic heterocycles. The number of nitrogens with zero attached hydrogens (tertiary/aromatic N) is 3. The van der Waals surface area contributed by atoms with Gasteiger partial charge in [-0.25, -0.2) is 9.50 Å². The number of hydrogen-bond donors (Lipinski definition) is 0. The van der Waals surface area contributed by atoms with E-state index in [0.29, 0.717) is 25.0 Å². The molecule has 0 aliphatic carbocycles. The lowest BCUT2D eigenvalue weighted by Crippen LogP contribution is -2.22. The third-order valence-electron chi connectivity index (χ3n) is 4.16. The Balaban J connectivity index is 2.11. The van der Waals surface area contributed by atoms with E-state index in [1.165, 1.54) is 6.33 Å². The van der Waals surface area contributed by atoms with Crippen LogP contribution in [-0.4, -0.2) is 47.1 Å². The van der Waals surface area contributed by atoms with E-state index in [1.54, 1.807) is 4.52 Å². The van der Waals surface area contributed by atoms with Crippen molar-refractivity contribution >= 4 is 33.0 Å². The first-order valence-corrected chi connectivity index (χ1v) is 10.7. The second-order valence-corrected chi connectivity index (χ2v) is 7.73. The van der Waals surface area contributed by atoms with Crippen LogP contribution < -0.4 is 0 Å². The highest BCUT2D eigenvalue weighted by atomic mass is 79.9. The van der Waals surface area contributed by atoms with Gasteiger partial charge < -0.3 is 14.2 Å². The largest absolute Gasteiger partial charge is 0.378 e. The minimum atomic E-state index is -0.274. The molecule has 0 N–H and O–H groups in total. The van der Waals surface area contributed by atoms with Gasteiger partial charge >= 0.3 is 0 Å². The van der Waals surface area contributed by atoms with Crippen LogP contribution in [0.5, 0.6) is 0 Å². The molecule has 0 aliphatic rings. The van der Waals surface area contributed by atoms with Crippen LogP contribution >= 0.6 is 27.5 Å². The van der Waals surface area contributed by atoms with Crippen molar-refractivity contribution in [3.8, 4) is 0 Å². The zero-order valence-electron chi connectivity index (χ0n) is 16.3. The van der Waals surface area contributed by atoms with Crippen molar-refractivity contribution in [2.24, 2.45) is 0 Å². The Morgan fingerprint density at radius 2 is 1.89 bits per heavy atom. The summed E-state index contributed by atoms with van der Waals surface area (Å²) in [4.78, 5) is 4.05. The summed E-state index contributed by atoms with van der Waals surface area (Å²) in [6.07, 6.45) is 5.47. The highest BCUT2D eigenvalue weighted by molar-refractivity contribution is 9.10. The average molecular weight is 463 g/mol. The van der Waals surface area contributed by atoms with Crippen LogP contribution in [0.1, 0.15) is 58.3 Å². The maximum absolute atomic E-state index is 6.23. The minimum Gasteiger partial charge on any atom is -0.378 e. The van der Waals surface area contributed by atoms with Crippen molar-refractivity contribution in [2.75, 3.05) is 26.4 Å². The number of aromatic nitrogens is 3. The van der Waals surface area contributed by atoms with Gasteiger partial charge in [0.25, 0.3) is 0 Å². The molecule has 6 nitrogen and oxygen atoms in total. The molecule has 0 aromatic carbocycles. The Morgan fingerprint density at radius 1 is 1.15 bits per heavy atom. The van der Waals surface area contributed by atoms with Gasteiger partial charge in [0.15, 0.2) is 5.15 Å². The number of ether oxygens (including phenoxy) is 3. The second-order valence-electron chi connectivity index (χ2n) is 6.51. The summed E-state index contributed by atoms with van der Waals surface area (Å²) in [6.45, 7) is 8.70. The summed E-state index contributed by atoms with van der Waals surface area (Å²) >= 11 is 9.78. The molecule has 27 heavy (non-hydrogen) atoms. The highest BCUT2D eigenvalue weighted by Gasteiger charge is 2.22. The summed E-state index contributed by atoms with van der Waals surface area (Å²) in [5.74, 6) is 0. The SMILES string of the molecule is CCCCOC[C@@H](OC[C@H](C)OCCCC)c1cc(Br)c2c(Cl)ncnn12. The second kappa shape index (κ2) is 12.0. The lowest BCUT2D eigenvalue weighted by atomic mass is 10.2. The first-order chi connectivity index (χ1) is 13.1. The third kappa shape index (κ3) is 6.68. The Kier molecular flexibility index (Phi) is 10.00. The summed E-state index contributed by atoms with van der Waals surface area (Å²) in [6, 6.07) is 1.96. The predicted molar refractivity (Wildman–Crippen MR) is 110 cm³/mol. The van der Waals surface area contributed by atoms with E-state index in [4.69, 9.17) is 25.8 Å². The first-order valence-electron chi connectivity index (χ1n) is 9.57. The van der Waals surface area contributed by atoms with Gasteiger partial charge in [0.2, 0.25) is 0 Å². The van der Waals surface area contributed by atoms with E-state index < -0.39 is 0 Å². The Labute approximate surface area is 174 Å². The molecule has 2 atom stereocenters. The fourth-order valence-electron chi connectivity index (χ4n) is 2.60. The normalized spacial score (nSPS) is 14.0. The van der Waals surface area contributed by atoms with Crippen LogP contribution in [-0.2, 0) is 14.2 Å². The maximum atomic E-state index is 6.23. The van der Waals surface area contributed by atoms with E-state index in [1.807, 2.05) is 13.0 Å². The van der Waals surface area contributed by atoms with Gasteiger partial charge in [-0.1, -0.05) is 38.3 Å². The zero-order valence-corrected chi connectivity index (χ0v) is 18.6. The van der Waals surface area contributed by atoms with E-state index in [2.05, 4.69) is 39.9 Å². The minimum absolute atomic E-state index is 0.0163. The Morgan fingerprint density at radius 3 is 2.63 bits per heavy atom. The zero-order chi connectivity index (χ0) is 19.6.